The van der Waals surface area contributed by atoms with Crippen LogP contribution in [-0.4, -0.2) is 83.2 Å². The van der Waals surface area contributed by atoms with Gasteiger partial charge in [-0.25, -0.2) is 9.59 Å². The van der Waals surface area contributed by atoms with Gasteiger partial charge >= 0.3 is 11.9 Å². The number of ketones is 1. The molecule has 1 atom stereocenters. The summed E-state index contributed by atoms with van der Waals surface area (Å²) in [6.45, 7) is 8.37. The van der Waals surface area contributed by atoms with Gasteiger partial charge in [0, 0.05) is 18.7 Å². The van der Waals surface area contributed by atoms with E-state index in [1.165, 1.54) is 7.11 Å². The molecule has 0 aromatic heterocycles. The number of esters is 1. The number of rotatable bonds is 13. The summed E-state index contributed by atoms with van der Waals surface area (Å²) < 4.78 is 15.2. The second kappa shape index (κ2) is 20.2. The lowest BCUT2D eigenvalue weighted by Crippen LogP contribution is -2.49. The standard InChI is InChI=1S/C18H20O5.C15H23NO4.CH2O2/c1-22-17-11-14(8-9-16(17)19)5-2-4-13-6-3-7-15(10-13)23-12-18(20)21;1-5-12(17)20-10-15(3,4)13(18)14(19)16-9-7-6-8-11(16)2;2-1-3/h3,6-11,19H,2,4-5,12H2,1H3,(H,20,21);5,11H,1,6-10H2,2-4H3;1H,(H,2,3). The van der Waals surface area contributed by atoms with E-state index in [0.717, 1.165) is 55.7 Å². The monoisotopic (exact) mass is 643 g/mol. The number of methoxy groups -OCH3 is 1. The van der Waals surface area contributed by atoms with Crippen LogP contribution in [-0.2, 0) is 41.6 Å². The van der Waals surface area contributed by atoms with Crippen molar-refractivity contribution in [1.29, 1.82) is 0 Å². The lowest BCUT2D eigenvalue weighted by molar-refractivity contribution is -0.155. The maximum absolute atomic E-state index is 12.3. The molecule has 0 spiro atoms. The first-order valence-corrected chi connectivity index (χ1v) is 14.8. The molecule has 1 aliphatic rings. The van der Waals surface area contributed by atoms with Crippen molar-refractivity contribution < 1.29 is 53.5 Å². The van der Waals surface area contributed by atoms with Gasteiger partial charge in [0.2, 0.25) is 5.78 Å². The Morgan fingerprint density at radius 3 is 2.30 bits per heavy atom. The SMILES string of the molecule is C=CC(=O)OCC(C)(C)C(=O)C(=O)N1CCCCC1C.COc1cc(CCCc2cccc(OCC(=O)O)c2)ccc1O.O=CO. The van der Waals surface area contributed by atoms with Crippen LogP contribution in [0.2, 0.25) is 0 Å². The Morgan fingerprint density at radius 1 is 1.07 bits per heavy atom. The second-order valence-corrected chi connectivity index (χ2v) is 11.2. The maximum Gasteiger partial charge on any atom is 0.341 e. The molecule has 1 amide bonds. The van der Waals surface area contributed by atoms with Gasteiger partial charge in [0.15, 0.2) is 18.1 Å². The number of hydrogen-bond acceptors (Lipinski definition) is 9. The summed E-state index contributed by atoms with van der Waals surface area (Å²) in [5.41, 5.74) is 1.17. The third-order valence-electron chi connectivity index (χ3n) is 7.05. The molecule has 0 bridgehead atoms. The van der Waals surface area contributed by atoms with Gasteiger partial charge in [-0.2, -0.15) is 0 Å². The van der Waals surface area contributed by atoms with Gasteiger partial charge in [-0.3, -0.25) is 14.4 Å². The summed E-state index contributed by atoms with van der Waals surface area (Å²) in [7, 11) is 1.53. The normalized spacial score (nSPS) is 13.8. The Balaban J connectivity index is 0.000000428. The Labute approximate surface area is 269 Å². The van der Waals surface area contributed by atoms with Gasteiger partial charge in [0.05, 0.1) is 12.5 Å². The molecule has 2 aromatic rings. The molecule has 0 radical (unpaired) electrons. The number of carbonyl (C=O) groups is 5. The number of Topliss-reactive ketones (excluding diaryl/α,β-unsaturated/α-hetero) is 1. The molecule has 46 heavy (non-hydrogen) atoms. The van der Waals surface area contributed by atoms with Gasteiger partial charge in [-0.15, -0.1) is 0 Å². The molecule has 1 fully saturated rings. The van der Waals surface area contributed by atoms with Crippen LogP contribution >= 0.6 is 0 Å². The van der Waals surface area contributed by atoms with Gasteiger partial charge < -0.3 is 34.4 Å². The van der Waals surface area contributed by atoms with E-state index < -0.39 is 29.0 Å². The highest BCUT2D eigenvalue weighted by molar-refractivity contribution is 6.38. The van der Waals surface area contributed by atoms with Crippen LogP contribution in [0.3, 0.4) is 0 Å². The van der Waals surface area contributed by atoms with Crippen molar-refractivity contribution in [3.63, 3.8) is 0 Å². The first-order chi connectivity index (χ1) is 21.8. The van der Waals surface area contributed by atoms with Gasteiger partial charge in [-0.05, 0) is 94.7 Å². The Bertz CT molecular complexity index is 1320. The third kappa shape index (κ3) is 13.8. The fraction of sp³-hybridized carbons (Fsp3) is 0.441. The first-order valence-electron chi connectivity index (χ1n) is 14.8. The second-order valence-electron chi connectivity index (χ2n) is 11.2. The van der Waals surface area contributed by atoms with E-state index in [0.29, 0.717) is 18.0 Å². The molecule has 252 valence electrons. The highest BCUT2D eigenvalue weighted by Gasteiger charge is 2.38. The number of hydrogen-bond donors (Lipinski definition) is 3. The van der Waals surface area contributed by atoms with E-state index in [2.05, 4.69) is 6.58 Å². The number of benzene rings is 2. The minimum atomic E-state index is -1.02. The molecule has 3 N–H and O–H groups in total. The van der Waals surface area contributed by atoms with Crippen LogP contribution < -0.4 is 9.47 Å². The molecule has 12 nitrogen and oxygen atoms in total. The van der Waals surface area contributed by atoms with E-state index in [9.17, 15) is 24.3 Å². The number of phenols is 1. The molecular formula is C34H45NO11. The van der Waals surface area contributed by atoms with Crippen molar-refractivity contribution in [2.75, 3.05) is 26.9 Å². The number of phenolic OH excluding ortho intramolecular Hbond substituents is 1. The largest absolute Gasteiger partial charge is 0.504 e. The molecule has 1 heterocycles. The lowest BCUT2D eigenvalue weighted by Gasteiger charge is -2.34. The zero-order chi connectivity index (χ0) is 34.7. The van der Waals surface area contributed by atoms with Gasteiger partial charge in [0.25, 0.3) is 12.4 Å². The molecule has 12 heteroatoms. The molecule has 1 saturated heterocycles. The number of amides is 1. The van der Waals surface area contributed by atoms with Crippen molar-refractivity contribution in [2.24, 2.45) is 5.41 Å². The average Bonchev–Trinajstić information content (AvgIpc) is 3.04. The van der Waals surface area contributed by atoms with Crippen molar-refractivity contribution >= 4 is 30.1 Å². The molecule has 0 saturated carbocycles. The predicted octanol–water partition coefficient (Wildman–Crippen LogP) is 4.45. The lowest BCUT2D eigenvalue weighted by atomic mass is 9.87. The number of nitrogens with zero attached hydrogens (tertiary/aromatic N) is 1. The van der Waals surface area contributed by atoms with E-state index >= 15 is 0 Å². The quantitative estimate of drug-likeness (QED) is 0.122. The Morgan fingerprint density at radius 2 is 1.72 bits per heavy atom. The average molecular weight is 644 g/mol. The van der Waals surface area contributed by atoms with Crippen LogP contribution in [0.5, 0.6) is 17.2 Å². The zero-order valence-corrected chi connectivity index (χ0v) is 26.9. The maximum atomic E-state index is 12.3. The van der Waals surface area contributed by atoms with Gasteiger partial charge in [0.1, 0.15) is 12.4 Å². The number of ether oxygens (including phenoxy) is 3. The van der Waals surface area contributed by atoms with E-state index in [4.69, 9.17) is 29.2 Å². The summed E-state index contributed by atoms with van der Waals surface area (Å²) in [6, 6.07) is 12.9. The number of aryl methyl sites for hydroxylation is 2. The van der Waals surface area contributed by atoms with E-state index in [1.54, 1.807) is 30.9 Å². The molecular weight excluding hydrogens is 598 g/mol. The zero-order valence-electron chi connectivity index (χ0n) is 26.9. The number of carbonyl (C=O) groups excluding carboxylic acids is 3. The fourth-order valence-corrected chi connectivity index (χ4v) is 4.51. The molecule has 2 aromatic carbocycles. The first kappa shape index (κ1) is 39.2. The van der Waals surface area contributed by atoms with Crippen molar-refractivity contribution in [3.05, 3.63) is 66.2 Å². The summed E-state index contributed by atoms with van der Waals surface area (Å²) >= 11 is 0. The summed E-state index contributed by atoms with van der Waals surface area (Å²) in [5, 5.41) is 25.1. The Hall–Kier alpha value is -4.87. The topological polar surface area (TPSA) is 177 Å². The Kier molecular flexibility index (Phi) is 17.2. The number of carboxylic acid groups (broad SMARTS) is 2. The molecule has 1 aliphatic heterocycles. The molecule has 1 unspecified atom stereocenters. The number of likely N-dealkylation sites (tertiary alicyclic amines) is 1. The van der Waals surface area contributed by atoms with Crippen LogP contribution in [0.25, 0.3) is 0 Å². The summed E-state index contributed by atoms with van der Waals surface area (Å²) in [4.78, 5) is 56.1. The van der Waals surface area contributed by atoms with Gasteiger partial charge in [-0.1, -0.05) is 24.8 Å². The van der Waals surface area contributed by atoms with Crippen molar-refractivity contribution in [3.8, 4) is 17.2 Å². The third-order valence-corrected chi connectivity index (χ3v) is 7.05. The molecule has 3 rings (SSSR count). The number of aliphatic carboxylic acids is 1. The minimum absolute atomic E-state index is 0.0896. The van der Waals surface area contributed by atoms with Crippen molar-refractivity contribution in [1.82, 2.24) is 4.90 Å². The van der Waals surface area contributed by atoms with Crippen LogP contribution in [0.4, 0.5) is 0 Å². The number of carboxylic acids is 1. The smallest absolute Gasteiger partial charge is 0.341 e. The highest BCUT2D eigenvalue weighted by Crippen LogP contribution is 2.27. The number of aromatic hydroxyl groups is 1. The highest BCUT2D eigenvalue weighted by atomic mass is 16.5. The van der Waals surface area contributed by atoms with Crippen LogP contribution in [0.1, 0.15) is 57.6 Å². The minimum Gasteiger partial charge on any atom is -0.504 e. The van der Waals surface area contributed by atoms with E-state index in [1.807, 2.05) is 37.3 Å². The fourth-order valence-electron chi connectivity index (χ4n) is 4.51. The summed E-state index contributed by atoms with van der Waals surface area (Å²) in [6.07, 6.45) is 6.61. The predicted molar refractivity (Wildman–Crippen MR) is 170 cm³/mol. The van der Waals surface area contributed by atoms with Crippen molar-refractivity contribution in [2.45, 2.75) is 65.3 Å². The van der Waals surface area contributed by atoms with E-state index in [-0.39, 0.29) is 31.5 Å². The molecule has 0 aliphatic carbocycles. The van der Waals surface area contributed by atoms with Crippen LogP contribution in [0, 0.1) is 5.41 Å². The number of piperidine rings is 1. The van der Waals surface area contributed by atoms with Crippen LogP contribution in [0.15, 0.2) is 55.1 Å². The summed E-state index contributed by atoms with van der Waals surface area (Å²) in [5.74, 6) is -1.39.